The molecule has 1 unspecified atom stereocenters. The summed E-state index contributed by atoms with van der Waals surface area (Å²) in [4.78, 5) is 26.5. The van der Waals surface area contributed by atoms with E-state index in [-0.39, 0.29) is 17.6 Å². The maximum atomic E-state index is 13.1. The van der Waals surface area contributed by atoms with Crippen LogP contribution in [0.5, 0.6) is 0 Å². The minimum Gasteiger partial charge on any atom is -0.481 e. The Bertz CT molecular complexity index is 1320. The van der Waals surface area contributed by atoms with E-state index in [9.17, 15) is 9.59 Å². The number of hydrogen-bond acceptors (Lipinski definition) is 4. The molecule has 1 atom stereocenters. The van der Waals surface area contributed by atoms with Crippen LogP contribution in [-0.4, -0.2) is 23.2 Å². The van der Waals surface area contributed by atoms with Crippen LogP contribution in [0.2, 0.25) is 0 Å². The number of aromatic nitrogens is 1. The summed E-state index contributed by atoms with van der Waals surface area (Å²) in [5.41, 5.74) is 4.98. The van der Waals surface area contributed by atoms with Crippen molar-refractivity contribution in [2.24, 2.45) is 0 Å². The number of aliphatic carboxylic acids is 1. The molecule has 0 amide bonds. The van der Waals surface area contributed by atoms with Gasteiger partial charge in [-0.05, 0) is 57.2 Å². The van der Waals surface area contributed by atoms with Gasteiger partial charge in [0.15, 0.2) is 11.9 Å². The summed E-state index contributed by atoms with van der Waals surface area (Å²) in [5, 5.41) is 10.0. The molecule has 186 valence electrons. The van der Waals surface area contributed by atoms with Crippen LogP contribution in [0.25, 0.3) is 22.1 Å². The maximum absolute atomic E-state index is 13.1. The molecule has 1 N–H and O–H groups in total. The molecule has 1 aromatic carbocycles. The average Bonchev–Trinajstić information content (AvgIpc) is 2.79. The molecule has 0 bridgehead atoms. The first-order valence-electron chi connectivity index (χ1n) is 12.7. The van der Waals surface area contributed by atoms with E-state index in [1.165, 1.54) is 11.3 Å². The van der Waals surface area contributed by atoms with Gasteiger partial charge in [-0.2, -0.15) is 0 Å². The van der Waals surface area contributed by atoms with Gasteiger partial charge in [0.2, 0.25) is 0 Å². The van der Waals surface area contributed by atoms with Crippen LogP contribution in [0.1, 0.15) is 83.9 Å². The summed E-state index contributed by atoms with van der Waals surface area (Å²) in [7, 11) is 0. The highest BCUT2D eigenvalue weighted by Crippen LogP contribution is 2.45. The number of rotatable bonds is 7. The Labute approximate surface area is 207 Å². The fourth-order valence-corrected chi connectivity index (χ4v) is 5.61. The van der Waals surface area contributed by atoms with E-state index >= 15 is 0 Å². The summed E-state index contributed by atoms with van der Waals surface area (Å²) in [6.07, 6.45) is 3.71. The van der Waals surface area contributed by atoms with Gasteiger partial charge in [-0.1, -0.05) is 20.8 Å². The van der Waals surface area contributed by atoms with Crippen molar-refractivity contribution in [3.05, 3.63) is 58.2 Å². The third-order valence-electron chi connectivity index (χ3n) is 7.32. The van der Waals surface area contributed by atoms with E-state index in [0.29, 0.717) is 35.9 Å². The third kappa shape index (κ3) is 4.84. The van der Waals surface area contributed by atoms with Crippen molar-refractivity contribution < 1.29 is 18.9 Å². The monoisotopic (exact) mass is 477 g/mol. The van der Waals surface area contributed by atoms with Gasteiger partial charge in [0.05, 0.1) is 5.56 Å². The Hall–Kier alpha value is -3.15. The molecular weight excluding hydrogens is 440 g/mol. The molecule has 0 aliphatic carbocycles. The van der Waals surface area contributed by atoms with E-state index in [0.717, 1.165) is 29.6 Å². The zero-order valence-corrected chi connectivity index (χ0v) is 21.7. The molecule has 1 aliphatic rings. The number of aryl methyl sites for hydroxylation is 1. The van der Waals surface area contributed by atoms with Gasteiger partial charge in [0, 0.05) is 59.3 Å². The number of anilines is 1. The average molecular weight is 478 g/mol. The summed E-state index contributed by atoms with van der Waals surface area (Å²) >= 11 is 0. The number of nitrogens with zero attached hydrogens (tertiary/aromatic N) is 2. The van der Waals surface area contributed by atoms with E-state index in [1.54, 1.807) is 0 Å². The second-order valence-electron chi connectivity index (χ2n) is 10.7. The van der Waals surface area contributed by atoms with Gasteiger partial charge in [-0.25, -0.2) is 9.36 Å². The van der Waals surface area contributed by atoms with E-state index in [2.05, 4.69) is 63.1 Å². The first-order chi connectivity index (χ1) is 16.5. The lowest BCUT2D eigenvalue weighted by Gasteiger charge is -2.47. The smallest absolute Gasteiger partial charge is 0.344 e. The van der Waals surface area contributed by atoms with Crippen molar-refractivity contribution in [3.63, 3.8) is 0 Å². The fraction of sp³-hybridized carbons (Fsp3) is 0.483. The van der Waals surface area contributed by atoms with Crippen molar-refractivity contribution in [2.45, 2.75) is 84.7 Å². The lowest BCUT2D eigenvalue weighted by Crippen LogP contribution is -2.48. The molecule has 3 aromatic rings. The molecular formula is C29H37N2O4+. The molecule has 6 nitrogen and oxygen atoms in total. The number of pyridine rings is 1. The van der Waals surface area contributed by atoms with E-state index in [1.807, 2.05) is 24.4 Å². The Morgan fingerprint density at radius 2 is 2.00 bits per heavy atom. The topological polar surface area (TPSA) is 74.6 Å². The number of carboxylic acids is 1. The highest BCUT2D eigenvalue weighted by atomic mass is 16.4. The largest absolute Gasteiger partial charge is 0.481 e. The Kier molecular flexibility index (Phi) is 6.76. The molecule has 3 heterocycles. The van der Waals surface area contributed by atoms with Crippen LogP contribution in [0.15, 0.2) is 45.7 Å². The predicted octanol–water partition coefficient (Wildman–Crippen LogP) is 5.85. The van der Waals surface area contributed by atoms with Gasteiger partial charge in [-0.15, -0.1) is 0 Å². The molecule has 1 aliphatic heterocycles. The van der Waals surface area contributed by atoms with Crippen molar-refractivity contribution >= 4 is 22.6 Å². The predicted molar refractivity (Wildman–Crippen MR) is 139 cm³/mol. The molecule has 4 rings (SSSR count). The molecule has 0 spiro atoms. The number of carbonyl (C=O) groups is 1. The molecule has 35 heavy (non-hydrogen) atoms. The zero-order chi connectivity index (χ0) is 25.5. The van der Waals surface area contributed by atoms with Crippen LogP contribution < -0.4 is 15.1 Å². The van der Waals surface area contributed by atoms with Gasteiger partial charge in [0.1, 0.15) is 12.1 Å². The van der Waals surface area contributed by atoms with Crippen LogP contribution >= 0.6 is 0 Å². The lowest BCUT2D eigenvalue weighted by atomic mass is 9.79. The number of benzene rings is 1. The Morgan fingerprint density at radius 3 is 2.66 bits per heavy atom. The Morgan fingerprint density at radius 1 is 1.26 bits per heavy atom. The minimum atomic E-state index is -0.781. The van der Waals surface area contributed by atoms with E-state index < -0.39 is 5.97 Å². The van der Waals surface area contributed by atoms with Gasteiger partial charge >= 0.3 is 11.6 Å². The molecule has 0 saturated carbocycles. The Balaban J connectivity index is 1.81. The standard InChI is InChI=1S/C29H36N2O4/c1-7-30-12-10-20(15-24(30)18(2)3)23-14-21-13-22-19(4)17-29(5,6)31(11-8-9-27(32)33)25(22)16-26(21)35-28(23)34/h10,12-16,18-19H,7-9,11,17H2,1-6H3/p+1. The van der Waals surface area contributed by atoms with Crippen molar-refractivity contribution in [2.75, 3.05) is 11.4 Å². The number of carboxylic acid groups (broad SMARTS) is 1. The molecule has 0 saturated heterocycles. The molecule has 6 heteroatoms. The minimum absolute atomic E-state index is 0.120. The van der Waals surface area contributed by atoms with Gasteiger partial charge < -0.3 is 14.4 Å². The lowest BCUT2D eigenvalue weighted by molar-refractivity contribution is -0.701. The molecule has 0 fully saturated rings. The summed E-state index contributed by atoms with van der Waals surface area (Å²) in [6, 6.07) is 10.2. The first kappa shape index (κ1) is 25.0. The SMILES string of the molecule is CC[n+]1ccc(-c2cc3cc4c(cc3oc2=O)N(CCCC(=O)O)C(C)(C)CC4C)cc1C(C)C. The summed E-state index contributed by atoms with van der Waals surface area (Å²) in [5.74, 6) is -0.106. The van der Waals surface area contributed by atoms with E-state index in [4.69, 9.17) is 9.52 Å². The molecule has 0 radical (unpaired) electrons. The van der Waals surface area contributed by atoms with Gasteiger partial charge in [-0.3, -0.25) is 4.79 Å². The summed E-state index contributed by atoms with van der Waals surface area (Å²) in [6.45, 7) is 14.6. The quantitative estimate of drug-likeness (QED) is 0.341. The zero-order valence-electron chi connectivity index (χ0n) is 21.7. The van der Waals surface area contributed by atoms with Crippen LogP contribution in [0.3, 0.4) is 0 Å². The second-order valence-corrected chi connectivity index (χ2v) is 10.7. The van der Waals surface area contributed by atoms with Crippen LogP contribution in [0, 0.1) is 0 Å². The fourth-order valence-electron chi connectivity index (χ4n) is 5.61. The second kappa shape index (κ2) is 9.48. The van der Waals surface area contributed by atoms with Gasteiger partial charge in [0.25, 0.3) is 0 Å². The van der Waals surface area contributed by atoms with Crippen LogP contribution in [-0.2, 0) is 11.3 Å². The normalized spacial score (nSPS) is 17.1. The van der Waals surface area contributed by atoms with Crippen molar-refractivity contribution in [1.82, 2.24) is 0 Å². The maximum Gasteiger partial charge on any atom is 0.344 e. The third-order valence-corrected chi connectivity index (χ3v) is 7.32. The molecule has 2 aromatic heterocycles. The summed E-state index contributed by atoms with van der Waals surface area (Å²) < 4.78 is 8.09. The number of hydrogen-bond donors (Lipinski definition) is 1. The van der Waals surface area contributed by atoms with Crippen molar-refractivity contribution in [1.29, 1.82) is 0 Å². The highest BCUT2D eigenvalue weighted by Gasteiger charge is 2.36. The van der Waals surface area contributed by atoms with Crippen LogP contribution in [0.4, 0.5) is 5.69 Å². The number of fused-ring (bicyclic) bond motifs is 2. The highest BCUT2D eigenvalue weighted by molar-refractivity contribution is 5.87. The first-order valence-corrected chi connectivity index (χ1v) is 12.7. The van der Waals surface area contributed by atoms with Crippen molar-refractivity contribution in [3.8, 4) is 11.1 Å².